The zero-order valence-corrected chi connectivity index (χ0v) is 9.12. The molecule has 2 rings (SSSR count). The van der Waals surface area contributed by atoms with Crippen LogP contribution in [0.3, 0.4) is 0 Å². The van der Waals surface area contributed by atoms with Gasteiger partial charge in [-0.15, -0.1) is 0 Å². The topological polar surface area (TPSA) is 47.1 Å². The fraction of sp³-hybridized carbons (Fsp3) is 0.700. The summed E-state index contributed by atoms with van der Waals surface area (Å²) in [5.74, 6) is 1.18. The molecule has 0 atom stereocenters. The summed E-state index contributed by atoms with van der Waals surface area (Å²) in [6.07, 6.45) is 0. The van der Waals surface area contributed by atoms with E-state index in [0.29, 0.717) is 11.7 Å². The van der Waals surface area contributed by atoms with E-state index in [-0.39, 0.29) is 0 Å². The van der Waals surface area contributed by atoms with Crippen molar-refractivity contribution in [3.63, 3.8) is 0 Å². The Morgan fingerprint density at radius 2 is 2.07 bits per heavy atom. The second-order valence-corrected chi connectivity index (χ2v) is 4.36. The number of aromatic nitrogens is 2. The lowest BCUT2D eigenvalue weighted by Gasteiger charge is -2.24. The number of likely N-dealkylation sites (N-methyl/N-ethyl adjacent to an activating group) is 1. The molecule has 0 radical (unpaired) electrons. The molecule has 4 nitrogen and oxygen atoms in total. The van der Waals surface area contributed by atoms with Gasteiger partial charge in [0.15, 0.2) is 0 Å². The van der Waals surface area contributed by atoms with E-state index >= 15 is 0 Å². The van der Waals surface area contributed by atoms with Gasteiger partial charge in [0.2, 0.25) is 0 Å². The average Bonchev–Trinajstić information content (AvgIpc) is 2.40. The molecule has 0 fully saturated rings. The van der Waals surface area contributed by atoms with Gasteiger partial charge in [0, 0.05) is 18.7 Å². The molecule has 0 amide bonds. The van der Waals surface area contributed by atoms with Crippen molar-refractivity contribution in [3.05, 3.63) is 11.3 Å². The molecular weight excluding hydrogens is 176 g/mol. The highest BCUT2D eigenvalue weighted by molar-refractivity contribution is 5.45. The van der Waals surface area contributed by atoms with Crippen LogP contribution in [0.5, 0.6) is 0 Å². The third-order valence-electron chi connectivity index (χ3n) is 2.82. The number of nitrogens with zero attached hydrogens (tertiary/aromatic N) is 3. The van der Waals surface area contributed by atoms with Gasteiger partial charge in [-0.1, -0.05) is 13.8 Å². The van der Waals surface area contributed by atoms with Gasteiger partial charge in [-0.25, -0.2) is 0 Å². The maximum atomic E-state index is 5.92. The second-order valence-electron chi connectivity index (χ2n) is 4.36. The molecule has 0 saturated heterocycles. The Labute approximate surface area is 84.7 Å². The van der Waals surface area contributed by atoms with E-state index in [1.54, 1.807) is 0 Å². The van der Waals surface area contributed by atoms with Crippen molar-refractivity contribution >= 4 is 5.82 Å². The average molecular weight is 194 g/mol. The summed E-state index contributed by atoms with van der Waals surface area (Å²) >= 11 is 0. The maximum Gasteiger partial charge on any atom is 0.149 e. The van der Waals surface area contributed by atoms with Gasteiger partial charge >= 0.3 is 0 Å². The standard InChI is InChI=1S/C10H18N4/c1-7(2)9-8-6-13(3)4-5-14(8)12-10(9)11/h7H,4-6H2,1-3H3,(H2,11,12). The van der Waals surface area contributed by atoms with Crippen LogP contribution in [0.15, 0.2) is 0 Å². The monoisotopic (exact) mass is 194 g/mol. The highest BCUT2D eigenvalue weighted by Crippen LogP contribution is 2.27. The summed E-state index contributed by atoms with van der Waals surface area (Å²) in [6, 6.07) is 0. The van der Waals surface area contributed by atoms with Crippen LogP contribution < -0.4 is 5.73 Å². The van der Waals surface area contributed by atoms with Gasteiger partial charge in [-0.3, -0.25) is 9.58 Å². The van der Waals surface area contributed by atoms with Crippen LogP contribution in [0.25, 0.3) is 0 Å². The van der Waals surface area contributed by atoms with Gasteiger partial charge in [0.05, 0.1) is 12.2 Å². The molecule has 0 unspecified atom stereocenters. The van der Waals surface area contributed by atoms with Gasteiger partial charge < -0.3 is 5.73 Å². The Balaban J connectivity index is 2.45. The molecule has 4 heteroatoms. The lowest BCUT2D eigenvalue weighted by atomic mass is 10.0. The molecule has 0 bridgehead atoms. The van der Waals surface area contributed by atoms with Crippen LogP contribution in [0, 0.1) is 0 Å². The molecule has 14 heavy (non-hydrogen) atoms. The number of hydrogen-bond donors (Lipinski definition) is 1. The lowest BCUT2D eigenvalue weighted by molar-refractivity contribution is 0.257. The highest BCUT2D eigenvalue weighted by atomic mass is 15.3. The third-order valence-corrected chi connectivity index (χ3v) is 2.82. The quantitative estimate of drug-likeness (QED) is 0.726. The molecule has 0 spiro atoms. The lowest BCUT2D eigenvalue weighted by Crippen LogP contribution is -2.31. The summed E-state index contributed by atoms with van der Waals surface area (Å²) in [5, 5.41) is 4.37. The minimum atomic E-state index is 0.463. The van der Waals surface area contributed by atoms with E-state index < -0.39 is 0 Å². The van der Waals surface area contributed by atoms with E-state index in [4.69, 9.17) is 5.73 Å². The molecule has 0 aliphatic carbocycles. The van der Waals surface area contributed by atoms with Gasteiger partial charge in [-0.2, -0.15) is 5.10 Å². The first-order valence-electron chi connectivity index (χ1n) is 5.13. The van der Waals surface area contributed by atoms with Crippen LogP contribution in [-0.4, -0.2) is 28.3 Å². The molecule has 1 aliphatic heterocycles. The van der Waals surface area contributed by atoms with Gasteiger partial charge in [0.1, 0.15) is 5.82 Å². The molecule has 78 valence electrons. The number of hydrogen-bond acceptors (Lipinski definition) is 3. The Hall–Kier alpha value is -1.03. The van der Waals surface area contributed by atoms with E-state index in [1.807, 2.05) is 0 Å². The predicted molar refractivity (Wildman–Crippen MR) is 57.1 cm³/mol. The summed E-state index contributed by atoms with van der Waals surface area (Å²) in [4.78, 5) is 2.31. The summed E-state index contributed by atoms with van der Waals surface area (Å²) in [7, 11) is 2.14. The molecule has 2 N–H and O–H groups in total. The number of nitrogens with two attached hydrogens (primary N) is 1. The zero-order chi connectivity index (χ0) is 10.3. The van der Waals surface area contributed by atoms with E-state index in [2.05, 4.69) is 35.6 Å². The van der Waals surface area contributed by atoms with Crippen LogP contribution in [0.4, 0.5) is 5.82 Å². The molecular formula is C10H18N4. The van der Waals surface area contributed by atoms with Gasteiger partial charge in [-0.05, 0) is 13.0 Å². The van der Waals surface area contributed by atoms with E-state index in [0.717, 1.165) is 19.6 Å². The first-order chi connectivity index (χ1) is 6.59. The Bertz CT molecular complexity index is 340. The smallest absolute Gasteiger partial charge is 0.149 e. The maximum absolute atomic E-state index is 5.92. The molecule has 1 aliphatic rings. The zero-order valence-electron chi connectivity index (χ0n) is 9.12. The van der Waals surface area contributed by atoms with Crippen molar-refractivity contribution in [1.29, 1.82) is 0 Å². The largest absolute Gasteiger partial charge is 0.382 e. The van der Waals surface area contributed by atoms with Crippen molar-refractivity contribution in [2.75, 3.05) is 19.3 Å². The van der Waals surface area contributed by atoms with Crippen molar-refractivity contribution in [2.24, 2.45) is 0 Å². The fourth-order valence-corrected chi connectivity index (χ4v) is 2.11. The minimum absolute atomic E-state index is 0.463. The molecule has 0 saturated carbocycles. The molecule has 0 aromatic carbocycles. The number of anilines is 1. The van der Waals surface area contributed by atoms with Crippen LogP contribution in [-0.2, 0) is 13.1 Å². The number of fused-ring (bicyclic) bond motifs is 1. The Morgan fingerprint density at radius 3 is 2.71 bits per heavy atom. The van der Waals surface area contributed by atoms with Crippen LogP contribution >= 0.6 is 0 Å². The first-order valence-corrected chi connectivity index (χ1v) is 5.13. The summed E-state index contributed by atoms with van der Waals surface area (Å²) in [5.41, 5.74) is 8.45. The second kappa shape index (κ2) is 3.28. The normalized spacial score (nSPS) is 17.4. The number of nitrogen functional groups attached to an aromatic ring is 1. The Kier molecular flexibility index (Phi) is 2.23. The number of rotatable bonds is 1. The van der Waals surface area contributed by atoms with E-state index in [1.165, 1.54) is 11.3 Å². The van der Waals surface area contributed by atoms with Crippen molar-refractivity contribution in [3.8, 4) is 0 Å². The van der Waals surface area contributed by atoms with Crippen LogP contribution in [0.1, 0.15) is 31.0 Å². The molecule has 1 aromatic rings. The van der Waals surface area contributed by atoms with Gasteiger partial charge in [0.25, 0.3) is 0 Å². The fourth-order valence-electron chi connectivity index (χ4n) is 2.11. The first kappa shape index (κ1) is 9.52. The predicted octanol–water partition coefficient (Wildman–Crippen LogP) is 1.03. The minimum Gasteiger partial charge on any atom is -0.382 e. The molecule has 2 heterocycles. The Morgan fingerprint density at radius 1 is 1.36 bits per heavy atom. The summed E-state index contributed by atoms with van der Waals surface area (Å²) < 4.78 is 2.06. The SMILES string of the molecule is CC(C)c1c(N)nn2c1CN(C)CC2. The third kappa shape index (κ3) is 1.39. The van der Waals surface area contributed by atoms with Crippen molar-refractivity contribution in [1.82, 2.24) is 14.7 Å². The van der Waals surface area contributed by atoms with E-state index in [9.17, 15) is 0 Å². The summed E-state index contributed by atoms with van der Waals surface area (Å²) in [6.45, 7) is 7.33. The van der Waals surface area contributed by atoms with Crippen LogP contribution in [0.2, 0.25) is 0 Å². The molecule has 1 aromatic heterocycles. The van der Waals surface area contributed by atoms with Crippen molar-refractivity contribution in [2.45, 2.75) is 32.9 Å². The highest BCUT2D eigenvalue weighted by Gasteiger charge is 2.22. The van der Waals surface area contributed by atoms with Crippen molar-refractivity contribution < 1.29 is 0 Å².